The van der Waals surface area contributed by atoms with Gasteiger partial charge in [0.05, 0.1) is 0 Å². The van der Waals surface area contributed by atoms with Gasteiger partial charge in [-0.2, -0.15) is 0 Å². The Morgan fingerprint density at radius 3 is 2.59 bits per heavy atom. The predicted octanol–water partition coefficient (Wildman–Crippen LogP) is 2.90. The Morgan fingerprint density at radius 1 is 1.24 bits per heavy atom. The molecule has 1 aliphatic carbocycles. The van der Waals surface area contributed by atoms with Gasteiger partial charge >= 0.3 is 0 Å². The van der Waals surface area contributed by atoms with Crippen molar-refractivity contribution >= 4 is 11.6 Å². The predicted molar refractivity (Wildman–Crippen MR) is 71.3 cm³/mol. The molecule has 4 nitrogen and oxygen atoms in total. The second-order valence-electron chi connectivity index (χ2n) is 4.95. The lowest BCUT2D eigenvalue weighted by Crippen LogP contribution is -2.26. The van der Waals surface area contributed by atoms with Gasteiger partial charge in [-0.25, -0.2) is 9.97 Å². The Kier molecular flexibility index (Phi) is 3.82. The summed E-state index contributed by atoms with van der Waals surface area (Å²) < 4.78 is 0. The molecule has 0 bridgehead atoms. The molecule has 1 aliphatic rings. The van der Waals surface area contributed by atoms with E-state index in [1.54, 1.807) is 6.33 Å². The molecule has 2 rings (SSSR count). The summed E-state index contributed by atoms with van der Waals surface area (Å²) in [4.78, 5) is 8.36. The molecule has 0 radical (unpaired) electrons. The first-order valence-corrected chi connectivity index (χ1v) is 6.52. The second-order valence-corrected chi connectivity index (χ2v) is 4.95. The molecular weight excluding hydrogens is 212 g/mol. The van der Waals surface area contributed by atoms with Gasteiger partial charge in [0.1, 0.15) is 18.0 Å². The fourth-order valence-corrected chi connectivity index (χ4v) is 2.65. The smallest absolute Gasteiger partial charge is 0.131 e. The maximum absolute atomic E-state index is 4.25. The minimum Gasteiger partial charge on any atom is -0.373 e. The molecule has 0 aromatic carbocycles. The van der Waals surface area contributed by atoms with Gasteiger partial charge in [-0.05, 0) is 24.7 Å². The minimum atomic E-state index is 0.491. The Morgan fingerprint density at radius 2 is 1.94 bits per heavy atom. The third kappa shape index (κ3) is 2.87. The topological polar surface area (TPSA) is 49.8 Å². The van der Waals surface area contributed by atoms with Gasteiger partial charge in [0.2, 0.25) is 0 Å². The summed E-state index contributed by atoms with van der Waals surface area (Å²) in [6.45, 7) is 3.33. The van der Waals surface area contributed by atoms with Crippen molar-refractivity contribution in [2.45, 2.75) is 39.0 Å². The number of aromatic nitrogens is 2. The molecule has 1 saturated carbocycles. The average molecular weight is 234 g/mol. The van der Waals surface area contributed by atoms with Crippen molar-refractivity contribution in [2.75, 3.05) is 24.2 Å². The summed E-state index contributed by atoms with van der Waals surface area (Å²) in [5.74, 6) is 1.78. The highest BCUT2D eigenvalue weighted by molar-refractivity contribution is 5.46. The van der Waals surface area contributed by atoms with Gasteiger partial charge in [0, 0.05) is 19.7 Å². The molecule has 0 atom stereocenters. The Labute approximate surface area is 103 Å². The molecule has 94 valence electrons. The van der Waals surface area contributed by atoms with Crippen LogP contribution in [0.2, 0.25) is 0 Å². The van der Waals surface area contributed by atoms with E-state index in [9.17, 15) is 0 Å². The molecule has 1 fully saturated rings. The number of hydrogen-bond acceptors (Lipinski definition) is 4. The lowest BCUT2D eigenvalue weighted by Gasteiger charge is -2.27. The normalized spacial score (nSPS) is 18.0. The summed E-state index contributed by atoms with van der Waals surface area (Å²) in [6.07, 6.45) is 8.30. The van der Waals surface area contributed by atoms with Crippen LogP contribution in [0.5, 0.6) is 0 Å². The maximum Gasteiger partial charge on any atom is 0.131 e. The van der Waals surface area contributed by atoms with Crippen LogP contribution < -0.4 is 10.6 Å². The summed E-state index contributed by atoms with van der Waals surface area (Å²) in [5.41, 5.74) is 0.491. The van der Waals surface area contributed by atoms with E-state index in [1.807, 2.05) is 13.1 Å². The van der Waals surface area contributed by atoms with Crippen LogP contribution in [0.1, 0.15) is 39.0 Å². The molecule has 0 amide bonds. The van der Waals surface area contributed by atoms with Crippen molar-refractivity contribution < 1.29 is 0 Å². The zero-order valence-electron chi connectivity index (χ0n) is 10.8. The number of hydrogen-bond donors (Lipinski definition) is 2. The number of rotatable bonds is 5. The molecule has 4 heteroatoms. The van der Waals surface area contributed by atoms with Crippen molar-refractivity contribution in [3.63, 3.8) is 0 Å². The van der Waals surface area contributed by atoms with Crippen LogP contribution in [0.4, 0.5) is 11.6 Å². The average Bonchev–Trinajstić information content (AvgIpc) is 2.86. The first-order chi connectivity index (χ1) is 8.28. The maximum atomic E-state index is 4.25. The minimum absolute atomic E-state index is 0.491. The first kappa shape index (κ1) is 12.1. The van der Waals surface area contributed by atoms with E-state index in [0.717, 1.165) is 18.2 Å². The molecule has 0 spiro atoms. The van der Waals surface area contributed by atoms with Crippen LogP contribution >= 0.6 is 0 Å². The standard InChI is InChI=1S/C13H22N4/c1-3-13(6-4-5-7-13)9-15-12-8-11(14-2)16-10-17-12/h8,10H,3-7,9H2,1-2H3,(H2,14,15,16,17). The number of nitrogens with zero attached hydrogens (tertiary/aromatic N) is 2. The van der Waals surface area contributed by atoms with Gasteiger partial charge in [-0.15, -0.1) is 0 Å². The zero-order chi connectivity index (χ0) is 12.1. The highest BCUT2D eigenvalue weighted by atomic mass is 15.1. The lowest BCUT2D eigenvalue weighted by molar-refractivity contribution is 0.306. The summed E-state index contributed by atoms with van der Waals surface area (Å²) >= 11 is 0. The first-order valence-electron chi connectivity index (χ1n) is 6.52. The van der Waals surface area contributed by atoms with Crippen molar-refractivity contribution in [1.29, 1.82) is 0 Å². The quantitative estimate of drug-likeness (QED) is 0.822. The third-order valence-electron chi connectivity index (χ3n) is 3.98. The third-order valence-corrected chi connectivity index (χ3v) is 3.98. The molecule has 1 aromatic rings. The Hall–Kier alpha value is -1.32. The van der Waals surface area contributed by atoms with Crippen molar-refractivity contribution in [2.24, 2.45) is 5.41 Å². The molecule has 1 heterocycles. The van der Waals surface area contributed by atoms with Crippen molar-refractivity contribution in [1.82, 2.24) is 9.97 Å². The monoisotopic (exact) mass is 234 g/mol. The fourth-order valence-electron chi connectivity index (χ4n) is 2.65. The van der Waals surface area contributed by atoms with Gasteiger partial charge < -0.3 is 10.6 Å². The molecule has 2 N–H and O–H groups in total. The van der Waals surface area contributed by atoms with Crippen LogP contribution in [0.3, 0.4) is 0 Å². The van der Waals surface area contributed by atoms with Gasteiger partial charge in [0.25, 0.3) is 0 Å². The Bertz CT molecular complexity index is 358. The van der Waals surface area contributed by atoms with E-state index in [1.165, 1.54) is 32.1 Å². The highest BCUT2D eigenvalue weighted by Crippen LogP contribution is 2.40. The van der Waals surface area contributed by atoms with Crippen LogP contribution in [0.25, 0.3) is 0 Å². The van der Waals surface area contributed by atoms with E-state index in [-0.39, 0.29) is 0 Å². The van der Waals surface area contributed by atoms with E-state index in [0.29, 0.717) is 5.41 Å². The van der Waals surface area contributed by atoms with Gasteiger partial charge in [-0.1, -0.05) is 19.8 Å². The molecule has 0 aliphatic heterocycles. The summed E-state index contributed by atoms with van der Waals surface area (Å²) in [7, 11) is 1.87. The molecule has 1 aromatic heterocycles. The Balaban J connectivity index is 1.96. The van der Waals surface area contributed by atoms with Crippen LogP contribution in [0.15, 0.2) is 12.4 Å². The van der Waals surface area contributed by atoms with E-state index in [2.05, 4.69) is 27.5 Å². The fraction of sp³-hybridized carbons (Fsp3) is 0.692. The summed E-state index contributed by atoms with van der Waals surface area (Å²) in [6, 6.07) is 1.96. The van der Waals surface area contributed by atoms with E-state index >= 15 is 0 Å². The van der Waals surface area contributed by atoms with Crippen molar-refractivity contribution in [3.05, 3.63) is 12.4 Å². The van der Waals surface area contributed by atoms with Crippen LogP contribution in [-0.4, -0.2) is 23.6 Å². The molecule has 17 heavy (non-hydrogen) atoms. The van der Waals surface area contributed by atoms with Crippen molar-refractivity contribution in [3.8, 4) is 0 Å². The highest BCUT2D eigenvalue weighted by Gasteiger charge is 2.31. The molecule has 0 saturated heterocycles. The van der Waals surface area contributed by atoms with Crippen LogP contribution in [0, 0.1) is 5.41 Å². The second kappa shape index (κ2) is 5.34. The van der Waals surface area contributed by atoms with E-state index < -0.39 is 0 Å². The van der Waals surface area contributed by atoms with E-state index in [4.69, 9.17) is 0 Å². The van der Waals surface area contributed by atoms with Gasteiger partial charge in [-0.3, -0.25) is 0 Å². The molecule has 0 unspecified atom stereocenters. The zero-order valence-corrected chi connectivity index (χ0v) is 10.8. The summed E-state index contributed by atoms with van der Waals surface area (Å²) in [5, 5.41) is 6.49. The molecular formula is C13H22N4. The number of anilines is 2. The van der Waals surface area contributed by atoms with Crippen LogP contribution in [-0.2, 0) is 0 Å². The number of nitrogens with one attached hydrogen (secondary N) is 2. The van der Waals surface area contributed by atoms with Gasteiger partial charge in [0.15, 0.2) is 0 Å². The lowest BCUT2D eigenvalue weighted by atomic mass is 9.83. The largest absolute Gasteiger partial charge is 0.373 e. The SMILES string of the molecule is CCC1(CNc2cc(NC)ncn2)CCCC1.